The lowest BCUT2D eigenvalue weighted by atomic mass is 10.1. The van der Waals surface area contributed by atoms with Gasteiger partial charge < -0.3 is 9.47 Å². The number of hydrogen-bond acceptors (Lipinski definition) is 2. The van der Waals surface area contributed by atoms with Crippen LogP contribution in [-0.2, 0) is 24.3 Å². The Hall–Kier alpha value is -3.60. The molecule has 0 radical (unpaired) electrons. The van der Waals surface area contributed by atoms with Crippen molar-refractivity contribution in [2.75, 3.05) is 0 Å². The fourth-order valence-electron chi connectivity index (χ4n) is 4.04. The summed E-state index contributed by atoms with van der Waals surface area (Å²) in [6.45, 7) is 5.37. The van der Waals surface area contributed by atoms with Gasteiger partial charge in [-0.05, 0) is 54.8 Å². The summed E-state index contributed by atoms with van der Waals surface area (Å²) >= 11 is 0. The smallest absolute Gasteiger partial charge is 0.227 e. The minimum atomic E-state index is 0.135. The monoisotopic (exact) mass is 396 g/mol. The predicted octanol–water partition coefficient (Wildman–Crippen LogP) is 4.36. The van der Waals surface area contributed by atoms with Crippen LogP contribution in [0.4, 0.5) is 0 Å². The van der Waals surface area contributed by atoms with Crippen LogP contribution in [0.3, 0.4) is 0 Å². The maximum atomic E-state index is 12.9. The molecule has 30 heavy (non-hydrogen) atoms. The highest BCUT2D eigenvalue weighted by molar-refractivity contribution is 5.79. The van der Waals surface area contributed by atoms with Gasteiger partial charge in [0.05, 0.1) is 30.9 Å². The Labute approximate surface area is 176 Å². The van der Waals surface area contributed by atoms with Crippen LogP contribution in [0.2, 0.25) is 0 Å². The molecule has 0 bridgehead atoms. The maximum absolute atomic E-state index is 12.9. The second-order valence-electron chi connectivity index (χ2n) is 7.93. The Balaban J connectivity index is 1.49. The molecule has 0 saturated carbocycles. The van der Waals surface area contributed by atoms with E-state index >= 15 is 0 Å². The molecule has 0 spiro atoms. The summed E-state index contributed by atoms with van der Waals surface area (Å²) in [6.07, 6.45) is 4.48. The maximum Gasteiger partial charge on any atom is 0.227 e. The first-order valence-corrected chi connectivity index (χ1v) is 10.2. The SMILES string of the molecule is Cc1ccc(-n2nc3c(c2-n2cccc2)CN(C(=O)Cc2ccccc2)C3)cc1C. The number of amides is 1. The van der Waals surface area contributed by atoms with Gasteiger partial charge in [0.2, 0.25) is 5.91 Å². The highest BCUT2D eigenvalue weighted by Gasteiger charge is 2.31. The summed E-state index contributed by atoms with van der Waals surface area (Å²) in [5.74, 6) is 1.14. The zero-order valence-corrected chi connectivity index (χ0v) is 17.2. The molecule has 1 aliphatic heterocycles. The average molecular weight is 396 g/mol. The Morgan fingerprint density at radius 1 is 0.933 bits per heavy atom. The van der Waals surface area contributed by atoms with Gasteiger partial charge in [-0.2, -0.15) is 5.10 Å². The Morgan fingerprint density at radius 3 is 2.43 bits per heavy atom. The Bertz CT molecular complexity index is 1210. The number of aromatic nitrogens is 3. The third-order valence-corrected chi connectivity index (χ3v) is 5.86. The van der Waals surface area contributed by atoms with Gasteiger partial charge in [-0.3, -0.25) is 4.79 Å². The third-order valence-electron chi connectivity index (χ3n) is 5.86. The van der Waals surface area contributed by atoms with Crippen molar-refractivity contribution in [2.45, 2.75) is 33.4 Å². The van der Waals surface area contributed by atoms with Crippen LogP contribution in [-0.4, -0.2) is 25.2 Å². The number of carbonyl (C=O) groups excluding carboxylic acids is 1. The van der Waals surface area contributed by atoms with Gasteiger partial charge in [-0.1, -0.05) is 36.4 Å². The lowest BCUT2D eigenvalue weighted by Gasteiger charge is -2.18. The van der Waals surface area contributed by atoms with Crippen molar-refractivity contribution >= 4 is 5.91 Å². The zero-order valence-electron chi connectivity index (χ0n) is 17.2. The average Bonchev–Trinajstić information content (AvgIpc) is 3.46. The van der Waals surface area contributed by atoms with Crippen LogP contribution >= 0.6 is 0 Å². The van der Waals surface area contributed by atoms with Gasteiger partial charge in [0.1, 0.15) is 5.82 Å². The summed E-state index contributed by atoms with van der Waals surface area (Å²) in [5, 5.41) is 4.93. The van der Waals surface area contributed by atoms with Crippen molar-refractivity contribution in [2.24, 2.45) is 0 Å². The van der Waals surface area contributed by atoms with E-state index in [1.54, 1.807) is 0 Å². The molecule has 1 aliphatic rings. The number of rotatable bonds is 4. The molecule has 5 nitrogen and oxygen atoms in total. The molecular formula is C25H24N4O. The van der Waals surface area contributed by atoms with Crippen LogP contribution in [0.5, 0.6) is 0 Å². The first kappa shape index (κ1) is 18.4. The van der Waals surface area contributed by atoms with Crippen molar-refractivity contribution in [3.8, 4) is 11.5 Å². The van der Waals surface area contributed by atoms with Gasteiger partial charge in [-0.15, -0.1) is 0 Å². The van der Waals surface area contributed by atoms with Gasteiger partial charge in [-0.25, -0.2) is 4.68 Å². The number of fused-ring (bicyclic) bond motifs is 1. The lowest BCUT2D eigenvalue weighted by Crippen LogP contribution is -2.27. The molecule has 2 aromatic heterocycles. The number of aryl methyl sites for hydroxylation is 2. The van der Waals surface area contributed by atoms with Gasteiger partial charge in [0.15, 0.2) is 0 Å². The molecule has 150 valence electrons. The van der Waals surface area contributed by atoms with E-state index in [0.29, 0.717) is 19.5 Å². The molecule has 1 amide bonds. The molecule has 0 unspecified atom stereocenters. The molecule has 5 rings (SSSR count). The zero-order chi connectivity index (χ0) is 20.7. The minimum Gasteiger partial charge on any atom is -0.332 e. The topological polar surface area (TPSA) is 43.1 Å². The summed E-state index contributed by atoms with van der Waals surface area (Å²) < 4.78 is 4.10. The largest absolute Gasteiger partial charge is 0.332 e. The number of nitrogens with zero attached hydrogens (tertiary/aromatic N) is 4. The first-order valence-electron chi connectivity index (χ1n) is 10.2. The molecule has 3 heterocycles. The first-order chi connectivity index (χ1) is 14.6. The molecule has 0 N–H and O–H groups in total. The standard InChI is InChI=1S/C25H24N4O/c1-18-10-11-21(14-19(18)2)29-25(27-12-6-7-13-27)22-16-28(17-23(22)26-29)24(30)15-20-8-4-3-5-9-20/h3-14H,15-17H2,1-2H3. The van der Waals surface area contributed by atoms with Crippen LogP contribution in [0.15, 0.2) is 73.1 Å². The van der Waals surface area contributed by atoms with Gasteiger partial charge >= 0.3 is 0 Å². The predicted molar refractivity (Wildman–Crippen MR) is 117 cm³/mol. The van der Waals surface area contributed by atoms with Crippen LogP contribution < -0.4 is 0 Å². The van der Waals surface area contributed by atoms with E-state index in [0.717, 1.165) is 28.3 Å². The highest BCUT2D eigenvalue weighted by atomic mass is 16.2. The third kappa shape index (κ3) is 3.22. The number of carbonyl (C=O) groups is 1. The highest BCUT2D eigenvalue weighted by Crippen LogP contribution is 2.31. The molecule has 0 atom stereocenters. The number of benzene rings is 2. The number of hydrogen-bond donors (Lipinski definition) is 0. The summed E-state index contributed by atoms with van der Waals surface area (Å²) in [6, 6.07) is 20.3. The quantitative estimate of drug-likeness (QED) is 0.514. The van der Waals surface area contributed by atoms with Crippen LogP contribution in [0.1, 0.15) is 27.9 Å². The van der Waals surface area contributed by atoms with Crippen molar-refractivity contribution in [3.63, 3.8) is 0 Å². The molecule has 5 heteroatoms. The van der Waals surface area contributed by atoms with E-state index in [4.69, 9.17) is 5.10 Å². The molecule has 0 fully saturated rings. The van der Waals surface area contributed by atoms with Crippen molar-refractivity contribution < 1.29 is 4.79 Å². The molecule has 0 aliphatic carbocycles. The molecule has 0 saturated heterocycles. The fourth-order valence-corrected chi connectivity index (χ4v) is 4.04. The molecular weight excluding hydrogens is 372 g/mol. The fraction of sp³-hybridized carbons (Fsp3) is 0.200. The van der Waals surface area contributed by atoms with E-state index in [1.165, 1.54) is 11.1 Å². The molecule has 4 aromatic rings. The summed E-state index contributed by atoms with van der Waals surface area (Å²) in [5.41, 5.74) is 6.67. The van der Waals surface area contributed by atoms with E-state index in [-0.39, 0.29) is 5.91 Å². The summed E-state index contributed by atoms with van der Waals surface area (Å²) in [7, 11) is 0. The van der Waals surface area contributed by atoms with Crippen LogP contribution in [0.25, 0.3) is 11.5 Å². The van der Waals surface area contributed by atoms with E-state index < -0.39 is 0 Å². The van der Waals surface area contributed by atoms with Crippen molar-refractivity contribution in [1.29, 1.82) is 0 Å². The van der Waals surface area contributed by atoms with Crippen molar-refractivity contribution in [3.05, 3.63) is 101 Å². The molecule has 2 aromatic carbocycles. The summed E-state index contributed by atoms with van der Waals surface area (Å²) in [4.78, 5) is 14.8. The van der Waals surface area contributed by atoms with E-state index in [1.807, 2.05) is 64.4 Å². The van der Waals surface area contributed by atoms with Gasteiger partial charge in [0.25, 0.3) is 0 Å². The second-order valence-corrected chi connectivity index (χ2v) is 7.93. The minimum absolute atomic E-state index is 0.135. The van der Waals surface area contributed by atoms with Gasteiger partial charge in [0, 0.05) is 18.0 Å². The Morgan fingerprint density at radius 2 is 1.70 bits per heavy atom. The Kier molecular flexibility index (Phi) is 4.51. The van der Waals surface area contributed by atoms with Crippen LogP contribution in [0, 0.1) is 13.8 Å². The van der Waals surface area contributed by atoms with E-state index in [2.05, 4.69) is 36.6 Å². The second kappa shape index (κ2) is 7.34. The normalized spacial score (nSPS) is 12.9. The lowest BCUT2D eigenvalue weighted by molar-refractivity contribution is -0.131. The van der Waals surface area contributed by atoms with E-state index in [9.17, 15) is 4.79 Å². The van der Waals surface area contributed by atoms with Crippen molar-refractivity contribution in [1.82, 2.24) is 19.2 Å².